The first-order valence-corrected chi connectivity index (χ1v) is 11.2. The summed E-state index contributed by atoms with van der Waals surface area (Å²) in [7, 11) is 1.89. The third kappa shape index (κ3) is 3.77. The first-order chi connectivity index (χ1) is 15.5. The van der Waals surface area contributed by atoms with Gasteiger partial charge in [-0.25, -0.2) is 4.98 Å². The first kappa shape index (κ1) is 20.4. The van der Waals surface area contributed by atoms with E-state index >= 15 is 0 Å². The minimum atomic E-state index is 0.272. The number of pyridine rings is 1. The lowest BCUT2D eigenvalue weighted by molar-refractivity contribution is 0.338. The fraction of sp³-hybridized carbons (Fsp3) is 0.375. The molecule has 8 nitrogen and oxygen atoms in total. The Kier molecular flexibility index (Phi) is 5.20. The molecule has 3 heterocycles. The average molecular weight is 432 g/mol. The number of phenols is 1. The van der Waals surface area contributed by atoms with Gasteiger partial charge in [-0.1, -0.05) is 25.3 Å². The summed E-state index contributed by atoms with van der Waals surface area (Å²) in [4.78, 5) is 4.63. The third-order valence-electron chi connectivity index (χ3n) is 6.37. The van der Waals surface area contributed by atoms with Crippen molar-refractivity contribution in [2.75, 3.05) is 10.6 Å². The number of aromatic hydroxyl groups is 1. The number of fused-ring (bicyclic) bond motifs is 1. The number of nitrogens with one attached hydrogen (secondary N) is 2. The molecule has 0 spiro atoms. The van der Waals surface area contributed by atoms with Gasteiger partial charge in [0.25, 0.3) is 0 Å². The number of anilines is 4. The van der Waals surface area contributed by atoms with Crippen LogP contribution in [0.2, 0.25) is 0 Å². The Labute approximate surface area is 187 Å². The molecule has 4 aromatic rings. The van der Waals surface area contributed by atoms with Crippen LogP contribution in [-0.2, 0) is 7.05 Å². The summed E-state index contributed by atoms with van der Waals surface area (Å²) in [5, 5.41) is 27.4. The van der Waals surface area contributed by atoms with E-state index in [2.05, 4.69) is 31.5 Å². The molecule has 1 aliphatic rings. The van der Waals surface area contributed by atoms with E-state index in [1.165, 1.54) is 19.3 Å². The van der Waals surface area contributed by atoms with Gasteiger partial charge in [0.05, 0.1) is 16.9 Å². The molecule has 0 radical (unpaired) electrons. The zero-order valence-electron chi connectivity index (χ0n) is 18.8. The smallest absolute Gasteiger partial charge is 0.161 e. The number of phenolic OH excluding ortho intramolecular Hbond substituents is 1. The molecule has 1 saturated carbocycles. The number of aryl methyl sites for hydroxylation is 2. The molecule has 3 N–H and O–H groups in total. The van der Waals surface area contributed by atoms with Crippen LogP contribution in [0.1, 0.15) is 49.3 Å². The van der Waals surface area contributed by atoms with Gasteiger partial charge in [-0.15, -0.1) is 0 Å². The van der Waals surface area contributed by atoms with Crippen LogP contribution in [0.15, 0.2) is 36.7 Å². The molecule has 5 rings (SSSR count). The predicted molar refractivity (Wildman–Crippen MR) is 127 cm³/mol. The van der Waals surface area contributed by atoms with Crippen molar-refractivity contribution in [3.63, 3.8) is 0 Å². The van der Waals surface area contributed by atoms with Crippen molar-refractivity contribution in [3.8, 4) is 5.75 Å². The molecule has 0 amide bonds. The SMILES string of the molecule is Cc1ccc(O)c(C)c1Nc1nn(C2CCCCC2)c2cc(Nc3ccn(C)n3)ncc12. The standard InChI is InChI=1S/C24H29N7O/c1-15-9-10-20(32)16(2)23(15)27-24-18-14-25-22(26-21-11-12-30(3)28-21)13-19(18)31(29-24)17-7-5-4-6-8-17/h9-14,17,32H,4-8H2,1-3H3,(H,27,29)(H,25,26,28). The summed E-state index contributed by atoms with van der Waals surface area (Å²) in [5.74, 6) is 2.53. The maximum atomic E-state index is 10.2. The number of rotatable bonds is 5. The fourth-order valence-electron chi connectivity index (χ4n) is 4.56. The predicted octanol–water partition coefficient (Wildman–Crippen LogP) is 5.48. The maximum Gasteiger partial charge on any atom is 0.161 e. The summed E-state index contributed by atoms with van der Waals surface area (Å²) >= 11 is 0. The molecule has 1 aliphatic carbocycles. The Bertz CT molecular complexity index is 1270. The molecule has 0 atom stereocenters. The highest BCUT2D eigenvalue weighted by atomic mass is 16.3. The molecule has 0 saturated heterocycles. The van der Waals surface area contributed by atoms with Crippen molar-refractivity contribution in [2.24, 2.45) is 7.05 Å². The highest BCUT2D eigenvalue weighted by Crippen LogP contribution is 2.37. The van der Waals surface area contributed by atoms with E-state index in [-0.39, 0.29) is 5.75 Å². The molecule has 3 aromatic heterocycles. The molecule has 32 heavy (non-hydrogen) atoms. The van der Waals surface area contributed by atoms with Crippen LogP contribution in [0.3, 0.4) is 0 Å². The number of benzene rings is 1. The lowest BCUT2D eigenvalue weighted by Gasteiger charge is -2.22. The van der Waals surface area contributed by atoms with Crippen LogP contribution in [0.25, 0.3) is 10.9 Å². The van der Waals surface area contributed by atoms with Crippen LogP contribution in [0, 0.1) is 13.8 Å². The number of nitrogens with zero attached hydrogens (tertiary/aromatic N) is 5. The lowest BCUT2D eigenvalue weighted by atomic mass is 9.95. The molecule has 0 aliphatic heterocycles. The molecule has 166 valence electrons. The Hall–Kier alpha value is -3.55. The van der Waals surface area contributed by atoms with Crippen LogP contribution < -0.4 is 10.6 Å². The lowest BCUT2D eigenvalue weighted by Crippen LogP contribution is -2.14. The van der Waals surface area contributed by atoms with Crippen LogP contribution in [0.5, 0.6) is 5.75 Å². The summed E-state index contributed by atoms with van der Waals surface area (Å²) in [6.07, 6.45) is 9.76. The number of hydrogen-bond donors (Lipinski definition) is 3. The van der Waals surface area contributed by atoms with Crippen molar-refractivity contribution in [1.29, 1.82) is 0 Å². The fourth-order valence-corrected chi connectivity index (χ4v) is 4.56. The summed E-state index contributed by atoms with van der Waals surface area (Å²) < 4.78 is 3.92. The monoisotopic (exact) mass is 431 g/mol. The van der Waals surface area contributed by atoms with E-state index in [0.717, 1.165) is 58.0 Å². The van der Waals surface area contributed by atoms with Gasteiger partial charge in [0, 0.05) is 42.8 Å². The normalized spacial score (nSPS) is 14.7. The largest absolute Gasteiger partial charge is 0.508 e. The summed E-state index contributed by atoms with van der Waals surface area (Å²) in [5.41, 5.74) is 3.80. The van der Waals surface area contributed by atoms with Crippen molar-refractivity contribution < 1.29 is 5.11 Å². The van der Waals surface area contributed by atoms with Gasteiger partial charge in [-0.2, -0.15) is 10.2 Å². The average Bonchev–Trinajstić information content (AvgIpc) is 3.37. The molecule has 8 heteroatoms. The highest BCUT2D eigenvalue weighted by molar-refractivity contribution is 5.93. The van der Waals surface area contributed by atoms with Crippen molar-refractivity contribution >= 4 is 34.0 Å². The van der Waals surface area contributed by atoms with E-state index in [1.54, 1.807) is 10.7 Å². The van der Waals surface area contributed by atoms with Gasteiger partial charge < -0.3 is 15.7 Å². The molecular formula is C24H29N7O. The van der Waals surface area contributed by atoms with E-state index in [1.807, 2.05) is 45.4 Å². The molecule has 1 aromatic carbocycles. The maximum absolute atomic E-state index is 10.2. The quantitative estimate of drug-likeness (QED) is 0.387. The van der Waals surface area contributed by atoms with Gasteiger partial charge >= 0.3 is 0 Å². The molecule has 1 fully saturated rings. The minimum absolute atomic E-state index is 0.272. The van der Waals surface area contributed by atoms with Crippen molar-refractivity contribution in [1.82, 2.24) is 24.5 Å². The second-order valence-electron chi connectivity index (χ2n) is 8.70. The summed E-state index contributed by atoms with van der Waals surface area (Å²) in [6, 6.07) is 7.99. The number of hydrogen-bond acceptors (Lipinski definition) is 6. The second-order valence-corrected chi connectivity index (χ2v) is 8.70. The molecular weight excluding hydrogens is 402 g/mol. The van der Waals surface area contributed by atoms with E-state index < -0.39 is 0 Å². The van der Waals surface area contributed by atoms with Crippen LogP contribution >= 0.6 is 0 Å². The van der Waals surface area contributed by atoms with Gasteiger partial charge in [-0.05, 0) is 38.3 Å². The van der Waals surface area contributed by atoms with Gasteiger partial charge in [0.15, 0.2) is 11.6 Å². The van der Waals surface area contributed by atoms with Crippen LogP contribution in [-0.4, -0.2) is 29.7 Å². The van der Waals surface area contributed by atoms with E-state index in [9.17, 15) is 5.11 Å². The minimum Gasteiger partial charge on any atom is -0.508 e. The molecule has 0 bridgehead atoms. The first-order valence-electron chi connectivity index (χ1n) is 11.2. The van der Waals surface area contributed by atoms with Crippen LogP contribution in [0.4, 0.5) is 23.1 Å². The Morgan fingerprint density at radius 1 is 1.00 bits per heavy atom. The topological polar surface area (TPSA) is 92.8 Å². The van der Waals surface area contributed by atoms with E-state index in [4.69, 9.17) is 5.10 Å². The third-order valence-corrected chi connectivity index (χ3v) is 6.37. The zero-order chi connectivity index (χ0) is 22.2. The zero-order valence-corrected chi connectivity index (χ0v) is 18.8. The van der Waals surface area contributed by atoms with Gasteiger partial charge in [-0.3, -0.25) is 9.36 Å². The number of aromatic nitrogens is 5. The second kappa shape index (κ2) is 8.18. The van der Waals surface area contributed by atoms with Crippen molar-refractivity contribution in [3.05, 3.63) is 47.8 Å². The van der Waals surface area contributed by atoms with Gasteiger partial charge in [0.2, 0.25) is 0 Å². The highest BCUT2D eigenvalue weighted by Gasteiger charge is 2.22. The Morgan fingerprint density at radius 2 is 1.81 bits per heavy atom. The Morgan fingerprint density at radius 3 is 2.56 bits per heavy atom. The Balaban J connectivity index is 1.58. The molecule has 0 unspecified atom stereocenters. The summed E-state index contributed by atoms with van der Waals surface area (Å²) in [6.45, 7) is 3.94. The van der Waals surface area contributed by atoms with Gasteiger partial charge in [0.1, 0.15) is 11.6 Å². The van der Waals surface area contributed by atoms with Crippen molar-refractivity contribution in [2.45, 2.75) is 52.0 Å². The van der Waals surface area contributed by atoms with E-state index in [0.29, 0.717) is 6.04 Å².